The number of ether oxygens (including phenoxy) is 1. The number of nitrogens with zero attached hydrogens (tertiary/aromatic N) is 2. The van der Waals surface area contributed by atoms with Gasteiger partial charge < -0.3 is 19.0 Å². The van der Waals surface area contributed by atoms with Crippen LogP contribution in [0.15, 0.2) is 47.1 Å². The van der Waals surface area contributed by atoms with Gasteiger partial charge in [0, 0.05) is 54.8 Å². The number of fused-ring (bicyclic) bond motifs is 1. The second-order valence-corrected chi connectivity index (χ2v) is 8.83. The molecule has 33 heavy (non-hydrogen) atoms. The molecule has 1 saturated heterocycles. The minimum Gasteiger partial charge on any atom is -0.493 e. The van der Waals surface area contributed by atoms with Gasteiger partial charge in [0.1, 0.15) is 11.3 Å². The van der Waals surface area contributed by atoms with Crippen molar-refractivity contribution in [2.45, 2.75) is 34.6 Å². The Bertz CT molecular complexity index is 1180. The number of aryl methyl sites for hydroxylation is 2. The summed E-state index contributed by atoms with van der Waals surface area (Å²) in [4.78, 5) is 17.3. The Kier molecular flexibility index (Phi) is 6.89. The molecule has 5 nitrogen and oxygen atoms in total. The zero-order valence-electron chi connectivity index (χ0n) is 20.4. The number of amides is 1. The van der Waals surface area contributed by atoms with Gasteiger partial charge in [0.25, 0.3) is 0 Å². The molecular formula is C28H34N2O3. The number of hydrogen-bond acceptors (Lipinski definition) is 4. The van der Waals surface area contributed by atoms with Crippen LogP contribution in [0.4, 0.5) is 0 Å². The van der Waals surface area contributed by atoms with Crippen molar-refractivity contribution in [1.82, 2.24) is 9.80 Å². The van der Waals surface area contributed by atoms with Gasteiger partial charge >= 0.3 is 0 Å². The highest BCUT2D eigenvalue weighted by Crippen LogP contribution is 2.38. The molecule has 1 aliphatic heterocycles. The van der Waals surface area contributed by atoms with E-state index in [0.29, 0.717) is 6.61 Å². The lowest BCUT2D eigenvalue weighted by Crippen LogP contribution is -2.48. The molecule has 1 aromatic heterocycles. The molecule has 0 saturated carbocycles. The zero-order chi connectivity index (χ0) is 23.5. The van der Waals surface area contributed by atoms with Crippen LogP contribution in [0.25, 0.3) is 27.7 Å². The summed E-state index contributed by atoms with van der Waals surface area (Å²) in [5, 5.41) is 1.03. The van der Waals surface area contributed by atoms with Crippen LogP contribution in [-0.2, 0) is 4.79 Å². The first kappa shape index (κ1) is 23.1. The maximum Gasteiger partial charge on any atom is 0.246 e. The lowest BCUT2D eigenvalue weighted by Gasteiger charge is -2.33. The maximum atomic E-state index is 13.0. The van der Waals surface area contributed by atoms with E-state index in [1.54, 1.807) is 6.08 Å². The van der Waals surface area contributed by atoms with Crippen LogP contribution in [0.3, 0.4) is 0 Å². The van der Waals surface area contributed by atoms with Gasteiger partial charge in [-0.15, -0.1) is 0 Å². The molecule has 2 aromatic carbocycles. The maximum absolute atomic E-state index is 13.0. The minimum atomic E-state index is 0.0626. The highest BCUT2D eigenvalue weighted by atomic mass is 16.5. The van der Waals surface area contributed by atoms with E-state index in [0.717, 1.165) is 71.7 Å². The number of furan rings is 1. The third kappa shape index (κ3) is 4.83. The van der Waals surface area contributed by atoms with Crippen LogP contribution in [0.5, 0.6) is 5.75 Å². The van der Waals surface area contributed by atoms with Crippen LogP contribution >= 0.6 is 0 Å². The van der Waals surface area contributed by atoms with Gasteiger partial charge in [0.05, 0.1) is 12.9 Å². The molecule has 1 fully saturated rings. The van der Waals surface area contributed by atoms with Gasteiger partial charge in [-0.3, -0.25) is 4.79 Å². The largest absolute Gasteiger partial charge is 0.493 e. The lowest BCUT2D eigenvalue weighted by atomic mass is 9.96. The predicted molar refractivity (Wildman–Crippen MR) is 135 cm³/mol. The molecule has 1 aliphatic rings. The Morgan fingerprint density at radius 1 is 1.06 bits per heavy atom. The highest BCUT2D eigenvalue weighted by molar-refractivity contribution is 6.00. The quantitative estimate of drug-likeness (QED) is 0.457. The molecule has 4 rings (SSSR count). The fraction of sp³-hybridized carbons (Fsp3) is 0.393. The second-order valence-electron chi connectivity index (χ2n) is 8.83. The summed E-state index contributed by atoms with van der Waals surface area (Å²) in [6.07, 6.45) is 3.57. The van der Waals surface area contributed by atoms with Gasteiger partial charge in [-0.25, -0.2) is 0 Å². The molecule has 0 aliphatic carbocycles. The number of likely N-dealkylation sites (N-methyl/N-ethyl adjacent to an activating group) is 1. The normalized spacial score (nSPS) is 15.3. The minimum absolute atomic E-state index is 0.0626. The summed E-state index contributed by atoms with van der Waals surface area (Å²) in [6.45, 7) is 15.3. The van der Waals surface area contributed by atoms with Crippen molar-refractivity contribution in [2.75, 3.05) is 39.3 Å². The van der Waals surface area contributed by atoms with Gasteiger partial charge in [-0.05, 0) is 57.0 Å². The number of allylic oxidation sites excluding steroid dienone is 1. The predicted octanol–water partition coefficient (Wildman–Crippen LogP) is 5.68. The van der Waals surface area contributed by atoms with E-state index in [2.05, 4.69) is 49.9 Å². The molecule has 1 amide bonds. The second kappa shape index (κ2) is 9.84. The van der Waals surface area contributed by atoms with E-state index >= 15 is 0 Å². The third-order valence-electron chi connectivity index (χ3n) is 6.54. The van der Waals surface area contributed by atoms with E-state index in [-0.39, 0.29) is 5.91 Å². The number of hydrogen-bond donors (Lipinski definition) is 0. The van der Waals surface area contributed by atoms with E-state index in [9.17, 15) is 4.79 Å². The summed E-state index contributed by atoms with van der Waals surface area (Å²) in [5.74, 6) is 0.802. The van der Waals surface area contributed by atoms with Crippen LogP contribution < -0.4 is 4.74 Å². The molecule has 5 heteroatoms. The number of carbonyl (C=O) groups is 1. The van der Waals surface area contributed by atoms with Crippen LogP contribution in [0.1, 0.15) is 37.5 Å². The van der Waals surface area contributed by atoms with Gasteiger partial charge in [-0.1, -0.05) is 30.7 Å². The Balaban J connectivity index is 1.71. The van der Waals surface area contributed by atoms with Gasteiger partial charge in [-0.2, -0.15) is 0 Å². The molecular weight excluding hydrogens is 412 g/mol. The molecule has 3 aromatic rings. The van der Waals surface area contributed by atoms with Crippen LogP contribution in [-0.4, -0.2) is 55.0 Å². The van der Waals surface area contributed by atoms with Crippen molar-refractivity contribution in [3.63, 3.8) is 0 Å². The zero-order valence-corrected chi connectivity index (χ0v) is 20.4. The Morgan fingerprint density at radius 2 is 1.82 bits per heavy atom. The monoisotopic (exact) mass is 446 g/mol. The first-order valence-electron chi connectivity index (χ1n) is 11.9. The molecule has 174 valence electrons. The summed E-state index contributed by atoms with van der Waals surface area (Å²) < 4.78 is 11.9. The fourth-order valence-electron chi connectivity index (χ4n) is 4.60. The molecule has 0 spiro atoms. The van der Waals surface area contributed by atoms with Crippen molar-refractivity contribution in [3.05, 3.63) is 59.4 Å². The van der Waals surface area contributed by atoms with E-state index in [1.165, 1.54) is 11.1 Å². The van der Waals surface area contributed by atoms with E-state index < -0.39 is 0 Å². The van der Waals surface area contributed by atoms with E-state index in [1.807, 2.05) is 31.1 Å². The summed E-state index contributed by atoms with van der Waals surface area (Å²) in [6, 6.07) is 10.5. The Labute approximate surface area is 196 Å². The first-order chi connectivity index (χ1) is 15.9. The van der Waals surface area contributed by atoms with Crippen molar-refractivity contribution < 1.29 is 13.9 Å². The fourth-order valence-corrected chi connectivity index (χ4v) is 4.60. The van der Waals surface area contributed by atoms with Crippen LogP contribution in [0.2, 0.25) is 0 Å². The first-order valence-corrected chi connectivity index (χ1v) is 11.9. The summed E-state index contributed by atoms with van der Waals surface area (Å²) >= 11 is 0. The average molecular weight is 447 g/mol. The molecule has 2 heterocycles. The number of carbonyl (C=O) groups excluding carboxylic acids is 1. The van der Waals surface area contributed by atoms with Crippen molar-refractivity contribution in [2.24, 2.45) is 0 Å². The standard InChI is InChI=1S/C28H34N2O3/c1-6-29-10-12-30(13-11-29)28(31)15-21(5)23-16-24-25(22-9-8-19(3)14-20(22)4)18-33-27(24)17-26(23)32-7-2/h8-9,14-18H,6-7,10-13H2,1-5H3/b21-15+. The van der Waals surface area contributed by atoms with Crippen molar-refractivity contribution in [3.8, 4) is 16.9 Å². The molecule has 0 N–H and O–H groups in total. The summed E-state index contributed by atoms with van der Waals surface area (Å²) in [5.41, 5.74) is 7.27. The van der Waals surface area contributed by atoms with Gasteiger partial charge in [0.2, 0.25) is 5.91 Å². The SMILES string of the molecule is CCOc1cc2occ(-c3ccc(C)cc3C)c2cc1/C(C)=C/C(=O)N1CCN(CC)CC1. The van der Waals surface area contributed by atoms with Crippen LogP contribution in [0, 0.1) is 13.8 Å². The molecule has 0 unspecified atom stereocenters. The van der Waals surface area contributed by atoms with Gasteiger partial charge in [0.15, 0.2) is 0 Å². The third-order valence-corrected chi connectivity index (χ3v) is 6.54. The Hall–Kier alpha value is -3.05. The highest BCUT2D eigenvalue weighted by Gasteiger charge is 2.20. The average Bonchev–Trinajstić information content (AvgIpc) is 3.21. The van der Waals surface area contributed by atoms with E-state index in [4.69, 9.17) is 9.15 Å². The topological polar surface area (TPSA) is 45.9 Å². The smallest absolute Gasteiger partial charge is 0.246 e. The molecule has 0 radical (unpaired) electrons. The number of rotatable bonds is 6. The molecule has 0 bridgehead atoms. The van der Waals surface area contributed by atoms with Crippen molar-refractivity contribution >= 4 is 22.4 Å². The Morgan fingerprint density at radius 3 is 2.48 bits per heavy atom. The van der Waals surface area contributed by atoms with Crippen molar-refractivity contribution in [1.29, 1.82) is 0 Å². The summed E-state index contributed by atoms with van der Waals surface area (Å²) in [7, 11) is 0. The lowest BCUT2D eigenvalue weighted by molar-refractivity contribution is -0.127. The molecule has 0 atom stereocenters. The number of piperazine rings is 1. The number of benzene rings is 2.